The summed E-state index contributed by atoms with van der Waals surface area (Å²) in [4.78, 5) is 1.86. The molecule has 3 aromatic rings. The van der Waals surface area contributed by atoms with Gasteiger partial charge in [0, 0.05) is 40.6 Å². The molecule has 0 atom stereocenters. The van der Waals surface area contributed by atoms with E-state index in [1.54, 1.807) is 29.5 Å². The number of allylic oxidation sites excluding steroid dienone is 2. The summed E-state index contributed by atoms with van der Waals surface area (Å²) in [5.74, 6) is 0.757. The first-order chi connectivity index (χ1) is 15.6. The van der Waals surface area contributed by atoms with Crippen molar-refractivity contribution < 1.29 is 22.3 Å². The normalized spacial score (nSPS) is 15.4. The Kier molecular flexibility index (Phi) is 7.02. The molecule has 0 N–H and O–H groups in total. The van der Waals surface area contributed by atoms with Crippen LogP contribution in [0.1, 0.15) is 24.8 Å². The molecule has 6 nitrogen and oxygen atoms in total. The number of nitrogens with zero attached hydrogens (tertiary/aromatic N) is 2. The van der Waals surface area contributed by atoms with Gasteiger partial charge >= 0.3 is 0 Å². The summed E-state index contributed by atoms with van der Waals surface area (Å²) in [7, 11) is -2.29. The van der Waals surface area contributed by atoms with Gasteiger partial charge < -0.3 is 14.2 Å². The highest BCUT2D eigenvalue weighted by Gasteiger charge is 2.27. The van der Waals surface area contributed by atoms with Crippen LogP contribution in [0.2, 0.25) is 10.0 Å². The minimum absolute atomic E-state index is 0.176. The smallest absolute Gasteiger partial charge is 0.262 e. The minimum atomic E-state index is -4.29. The molecule has 0 radical (unpaired) electrons. The number of hydrogen-bond acceptors (Lipinski definition) is 6. The standard InChI is InChI=1S/C23H22Cl2N2O4S2/c1-3-15(12-23-26(2)19-14-17(25)6-8-21(19)32-23)11-22-27(9-4-10-33(28,29)30)18-13-16(24)5-7-20(18)31-22/h5-8,11-14H,3-4,9-10H2,1-2H3. The molecule has 0 spiro atoms. The second-order valence-electron chi connectivity index (χ2n) is 7.65. The maximum Gasteiger partial charge on any atom is 0.262 e. The molecule has 10 heteroatoms. The number of hydrogen-bond donors (Lipinski definition) is 0. The highest BCUT2D eigenvalue weighted by atomic mass is 35.5. The Bertz CT molecular complexity index is 1380. The maximum atomic E-state index is 11.1. The van der Waals surface area contributed by atoms with Gasteiger partial charge in [-0.25, -0.2) is 8.42 Å². The number of anilines is 1. The van der Waals surface area contributed by atoms with Crippen molar-refractivity contribution in [2.45, 2.75) is 19.8 Å². The summed E-state index contributed by atoms with van der Waals surface area (Å²) < 4.78 is 42.5. The molecule has 0 aliphatic carbocycles. The lowest BCUT2D eigenvalue weighted by atomic mass is 10.2. The topological polar surface area (TPSA) is 73.5 Å². The van der Waals surface area contributed by atoms with Gasteiger partial charge in [-0.2, -0.15) is 4.57 Å². The highest BCUT2D eigenvalue weighted by Crippen LogP contribution is 2.41. The van der Waals surface area contributed by atoms with E-state index in [1.807, 2.05) is 36.2 Å². The summed E-state index contributed by atoms with van der Waals surface area (Å²) in [5.41, 5.74) is 2.83. The Balaban J connectivity index is 1.69. The summed E-state index contributed by atoms with van der Waals surface area (Å²) in [6.07, 6.45) is 4.97. The summed E-state index contributed by atoms with van der Waals surface area (Å²) in [6.45, 7) is 2.37. The second kappa shape index (κ2) is 9.64. The fraction of sp³-hybridized carbons (Fsp3) is 0.261. The summed E-state index contributed by atoms with van der Waals surface area (Å²) in [5, 5.41) is 2.29. The molecule has 0 unspecified atom stereocenters. The van der Waals surface area contributed by atoms with Gasteiger partial charge in [-0.05, 0) is 48.7 Å². The van der Waals surface area contributed by atoms with Crippen molar-refractivity contribution in [2.24, 2.45) is 7.05 Å². The molecule has 1 aliphatic rings. The Labute approximate surface area is 207 Å². The summed E-state index contributed by atoms with van der Waals surface area (Å²) >= 11 is 14.0. The Morgan fingerprint density at radius 3 is 2.67 bits per heavy atom. The zero-order valence-electron chi connectivity index (χ0n) is 18.0. The SMILES string of the molecule is CCC(=Cc1sc2ccc(Cl)cc2[n+]1C)C=C1Oc2ccc(Cl)cc2N1CCCS(=O)(=O)[O-]. The molecule has 0 fully saturated rings. The van der Waals surface area contributed by atoms with E-state index >= 15 is 0 Å². The predicted molar refractivity (Wildman–Crippen MR) is 133 cm³/mol. The first kappa shape index (κ1) is 24.0. The third-order valence-electron chi connectivity index (χ3n) is 5.32. The fourth-order valence-electron chi connectivity index (χ4n) is 3.64. The lowest BCUT2D eigenvalue weighted by Gasteiger charge is -2.19. The van der Waals surface area contributed by atoms with Crippen LogP contribution in [0.3, 0.4) is 0 Å². The number of benzene rings is 2. The van der Waals surface area contributed by atoms with E-state index in [9.17, 15) is 13.0 Å². The first-order valence-corrected chi connectivity index (χ1v) is 13.5. The number of thiazole rings is 1. The van der Waals surface area contributed by atoms with E-state index in [1.165, 1.54) is 0 Å². The number of rotatable bonds is 7. The van der Waals surface area contributed by atoms with Gasteiger partial charge in [0.15, 0.2) is 5.75 Å². The van der Waals surface area contributed by atoms with Crippen LogP contribution in [0, 0.1) is 0 Å². The molecule has 2 aromatic carbocycles. The van der Waals surface area contributed by atoms with Crippen molar-refractivity contribution in [1.29, 1.82) is 0 Å². The van der Waals surface area contributed by atoms with E-state index in [2.05, 4.69) is 17.6 Å². The predicted octanol–water partition coefficient (Wildman–Crippen LogP) is 5.50. The molecule has 4 rings (SSSR count). The zero-order valence-corrected chi connectivity index (χ0v) is 21.2. The van der Waals surface area contributed by atoms with Crippen LogP contribution in [0.15, 0.2) is 53.9 Å². The molecular formula is C23H22Cl2N2O4S2. The summed E-state index contributed by atoms with van der Waals surface area (Å²) in [6, 6.07) is 11.1. The monoisotopic (exact) mass is 524 g/mol. The molecule has 0 saturated carbocycles. The highest BCUT2D eigenvalue weighted by molar-refractivity contribution is 7.85. The lowest BCUT2D eigenvalue weighted by molar-refractivity contribution is -0.642. The minimum Gasteiger partial charge on any atom is -0.748 e. The first-order valence-electron chi connectivity index (χ1n) is 10.3. The maximum absolute atomic E-state index is 11.1. The van der Waals surface area contributed by atoms with Crippen LogP contribution < -0.4 is 14.2 Å². The van der Waals surface area contributed by atoms with E-state index in [0.29, 0.717) is 28.2 Å². The average Bonchev–Trinajstić information content (AvgIpc) is 3.24. The molecule has 2 heterocycles. The van der Waals surface area contributed by atoms with E-state index in [-0.39, 0.29) is 6.42 Å². The van der Waals surface area contributed by atoms with Gasteiger partial charge in [0.2, 0.25) is 11.4 Å². The third kappa shape index (κ3) is 5.53. The van der Waals surface area contributed by atoms with Crippen LogP contribution in [0.4, 0.5) is 5.69 Å². The van der Waals surface area contributed by atoms with Crippen LogP contribution in [0.25, 0.3) is 16.3 Å². The number of ether oxygens (including phenoxy) is 1. The number of aryl methyl sites for hydroxylation is 1. The second-order valence-corrected chi connectivity index (χ2v) is 11.1. The number of halogens is 2. The van der Waals surface area contributed by atoms with Gasteiger partial charge in [-0.3, -0.25) is 0 Å². The number of aromatic nitrogens is 1. The Morgan fingerprint density at radius 1 is 1.21 bits per heavy atom. The average molecular weight is 525 g/mol. The quantitative estimate of drug-likeness (QED) is 0.301. The van der Waals surface area contributed by atoms with Gasteiger partial charge in [0.25, 0.3) is 5.01 Å². The Hall–Kier alpha value is -2.10. The van der Waals surface area contributed by atoms with Gasteiger partial charge in [0.1, 0.15) is 11.7 Å². The molecule has 0 bridgehead atoms. The van der Waals surface area contributed by atoms with Crippen molar-refractivity contribution in [3.63, 3.8) is 0 Å². The van der Waals surface area contributed by atoms with Crippen LogP contribution in [-0.2, 0) is 17.2 Å². The van der Waals surface area contributed by atoms with Crippen molar-refractivity contribution in [2.75, 3.05) is 17.2 Å². The molecule has 1 aromatic heterocycles. The number of fused-ring (bicyclic) bond motifs is 2. The molecule has 174 valence electrons. The van der Waals surface area contributed by atoms with Crippen molar-refractivity contribution in [3.8, 4) is 5.75 Å². The van der Waals surface area contributed by atoms with E-state index < -0.39 is 15.9 Å². The van der Waals surface area contributed by atoms with Crippen LogP contribution >= 0.6 is 34.5 Å². The van der Waals surface area contributed by atoms with E-state index in [4.69, 9.17) is 27.9 Å². The van der Waals surface area contributed by atoms with Crippen LogP contribution in [0.5, 0.6) is 5.75 Å². The molecular weight excluding hydrogens is 503 g/mol. The van der Waals surface area contributed by atoms with Gasteiger partial charge in [0.05, 0.1) is 15.8 Å². The van der Waals surface area contributed by atoms with Gasteiger partial charge in [-0.1, -0.05) is 41.5 Å². The van der Waals surface area contributed by atoms with Crippen molar-refractivity contribution >= 4 is 66.6 Å². The largest absolute Gasteiger partial charge is 0.748 e. The van der Waals surface area contributed by atoms with Crippen molar-refractivity contribution in [1.82, 2.24) is 0 Å². The van der Waals surface area contributed by atoms with Crippen molar-refractivity contribution in [3.05, 3.63) is 69.0 Å². The third-order valence-corrected chi connectivity index (χ3v) is 7.75. The molecule has 0 saturated heterocycles. The molecule has 1 aliphatic heterocycles. The lowest BCUT2D eigenvalue weighted by Crippen LogP contribution is -2.29. The molecule has 33 heavy (non-hydrogen) atoms. The molecule has 0 amide bonds. The van der Waals surface area contributed by atoms with Crippen LogP contribution in [-0.4, -0.2) is 25.3 Å². The van der Waals surface area contributed by atoms with Gasteiger partial charge in [-0.15, -0.1) is 0 Å². The van der Waals surface area contributed by atoms with E-state index in [0.717, 1.165) is 32.9 Å². The Morgan fingerprint density at radius 2 is 1.94 bits per heavy atom. The zero-order chi connectivity index (χ0) is 23.8. The fourth-order valence-corrected chi connectivity index (χ4v) is 5.56.